The maximum atomic E-state index is 12.0. The fraction of sp³-hybridized carbons (Fsp3) is 0.364. The molecule has 0 aliphatic carbocycles. The van der Waals surface area contributed by atoms with Gasteiger partial charge in [-0.3, -0.25) is 14.3 Å². The molecule has 10 heteroatoms. The highest BCUT2D eigenvalue weighted by molar-refractivity contribution is 6.02. The normalized spacial score (nSPS) is 14.7. The molecule has 1 saturated heterocycles. The summed E-state index contributed by atoms with van der Waals surface area (Å²) in [5, 5.41) is 25.9. The van der Waals surface area contributed by atoms with Crippen LogP contribution >= 0.6 is 0 Å². The fourth-order valence-corrected chi connectivity index (χ4v) is 1.87. The lowest BCUT2D eigenvalue weighted by Gasteiger charge is -2.26. The topological polar surface area (TPSA) is 127 Å². The number of nitrogens with one attached hydrogen (secondary N) is 2. The predicted molar refractivity (Wildman–Crippen MR) is 69.7 cm³/mol. The van der Waals surface area contributed by atoms with Gasteiger partial charge in [0.15, 0.2) is 5.69 Å². The van der Waals surface area contributed by atoms with Crippen molar-refractivity contribution < 1.29 is 14.7 Å². The molecule has 3 heterocycles. The summed E-state index contributed by atoms with van der Waals surface area (Å²) in [6.07, 6.45) is 4.40. The molecule has 0 spiro atoms. The molecular formula is C11H13N7O3. The lowest BCUT2D eigenvalue weighted by Crippen LogP contribution is -2.43. The molecule has 3 rings (SSSR count). The van der Waals surface area contributed by atoms with Crippen LogP contribution in [-0.4, -0.2) is 54.8 Å². The third-order valence-corrected chi connectivity index (χ3v) is 3.07. The highest BCUT2D eigenvalue weighted by Crippen LogP contribution is 2.11. The minimum Gasteiger partial charge on any atom is -0.480 e. The van der Waals surface area contributed by atoms with Gasteiger partial charge in [-0.25, -0.2) is 4.68 Å². The standard InChI is InChI=1S/C11H13N7O3/c19-10(20)6-17-4-7(1-13-17)14-11(21)9-5-18(16-15-9)8-2-12-3-8/h1,4-5,8,12H,2-3,6H2,(H,14,21)(H,19,20). The van der Waals surface area contributed by atoms with Crippen LogP contribution in [0.5, 0.6) is 0 Å². The van der Waals surface area contributed by atoms with Crippen LogP contribution in [0.15, 0.2) is 18.6 Å². The fourth-order valence-electron chi connectivity index (χ4n) is 1.87. The van der Waals surface area contributed by atoms with E-state index in [2.05, 4.69) is 26.0 Å². The first-order valence-corrected chi connectivity index (χ1v) is 6.30. The molecule has 1 aliphatic rings. The number of carbonyl (C=O) groups excluding carboxylic acids is 1. The van der Waals surface area contributed by atoms with Gasteiger partial charge in [0, 0.05) is 19.3 Å². The number of nitrogens with zero attached hydrogens (tertiary/aromatic N) is 5. The Morgan fingerprint density at radius 3 is 2.90 bits per heavy atom. The lowest BCUT2D eigenvalue weighted by atomic mass is 10.2. The second-order valence-electron chi connectivity index (χ2n) is 4.67. The Morgan fingerprint density at radius 1 is 1.43 bits per heavy atom. The van der Waals surface area contributed by atoms with Crippen LogP contribution in [0.1, 0.15) is 16.5 Å². The number of carboxylic acids is 1. The van der Waals surface area contributed by atoms with Crippen molar-refractivity contribution >= 4 is 17.6 Å². The Hall–Kier alpha value is -2.75. The molecule has 3 N–H and O–H groups in total. The number of aliphatic carboxylic acids is 1. The summed E-state index contributed by atoms with van der Waals surface area (Å²) in [6, 6.07) is 0.234. The van der Waals surface area contributed by atoms with E-state index in [-0.39, 0.29) is 18.3 Å². The zero-order valence-electron chi connectivity index (χ0n) is 10.9. The second kappa shape index (κ2) is 5.32. The Morgan fingerprint density at radius 2 is 2.24 bits per heavy atom. The van der Waals surface area contributed by atoms with Gasteiger partial charge in [0.25, 0.3) is 5.91 Å². The maximum absolute atomic E-state index is 12.0. The van der Waals surface area contributed by atoms with Crippen molar-refractivity contribution in [3.8, 4) is 0 Å². The van der Waals surface area contributed by atoms with Gasteiger partial charge in [-0.2, -0.15) is 5.10 Å². The number of hydrogen-bond donors (Lipinski definition) is 3. The van der Waals surface area contributed by atoms with Crippen molar-refractivity contribution in [1.82, 2.24) is 30.1 Å². The van der Waals surface area contributed by atoms with E-state index in [1.54, 1.807) is 10.9 Å². The first-order valence-electron chi connectivity index (χ1n) is 6.30. The van der Waals surface area contributed by atoms with Crippen LogP contribution in [-0.2, 0) is 11.3 Å². The number of carboxylic acid groups (broad SMARTS) is 1. The predicted octanol–water partition coefficient (Wildman–Crippen LogP) is -1.04. The van der Waals surface area contributed by atoms with E-state index in [0.29, 0.717) is 5.69 Å². The van der Waals surface area contributed by atoms with E-state index in [9.17, 15) is 9.59 Å². The van der Waals surface area contributed by atoms with Gasteiger partial charge in [-0.05, 0) is 0 Å². The highest BCUT2D eigenvalue weighted by atomic mass is 16.4. The van der Waals surface area contributed by atoms with Gasteiger partial charge in [-0.1, -0.05) is 5.21 Å². The van der Waals surface area contributed by atoms with E-state index in [0.717, 1.165) is 13.1 Å². The summed E-state index contributed by atoms with van der Waals surface area (Å²) in [6.45, 7) is 1.36. The molecule has 1 amide bonds. The zero-order valence-corrected chi connectivity index (χ0v) is 10.9. The van der Waals surface area contributed by atoms with Crippen LogP contribution in [0.25, 0.3) is 0 Å². The summed E-state index contributed by atoms with van der Waals surface area (Å²) in [7, 11) is 0. The van der Waals surface area contributed by atoms with Crippen molar-refractivity contribution in [2.45, 2.75) is 12.6 Å². The van der Waals surface area contributed by atoms with Crippen LogP contribution in [0.4, 0.5) is 5.69 Å². The van der Waals surface area contributed by atoms with Crippen molar-refractivity contribution in [3.63, 3.8) is 0 Å². The van der Waals surface area contributed by atoms with Crippen molar-refractivity contribution in [3.05, 3.63) is 24.3 Å². The average Bonchev–Trinajstić information content (AvgIpc) is 2.96. The van der Waals surface area contributed by atoms with Crippen LogP contribution in [0.2, 0.25) is 0 Å². The molecule has 1 aliphatic heterocycles. The molecule has 1 fully saturated rings. The van der Waals surface area contributed by atoms with Crippen molar-refractivity contribution in [1.29, 1.82) is 0 Å². The Kier molecular flexibility index (Phi) is 3.36. The first-order chi connectivity index (χ1) is 10.1. The van der Waals surface area contributed by atoms with E-state index >= 15 is 0 Å². The summed E-state index contributed by atoms with van der Waals surface area (Å²) >= 11 is 0. The average molecular weight is 291 g/mol. The Balaban J connectivity index is 1.64. The van der Waals surface area contributed by atoms with Gasteiger partial charge in [0.2, 0.25) is 0 Å². The molecule has 10 nitrogen and oxygen atoms in total. The number of anilines is 1. The highest BCUT2D eigenvalue weighted by Gasteiger charge is 2.21. The van der Waals surface area contributed by atoms with Gasteiger partial charge < -0.3 is 15.7 Å². The molecule has 0 saturated carbocycles. The number of aromatic nitrogens is 5. The van der Waals surface area contributed by atoms with Crippen molar-refractivity contribution in [2.24, 2.45) is 0 Å². The third kappa shape index (κ3) is 2.89. The van der Waals surface area contributed by atoms with Gasteiger partial charge in [0.1, 0.15) is 6.54 Å². The smallest absolute Gasteiger partial charge is 0.325 e. The minimum absolute atomic E-state index is 0.202. The second-order valence-corrected chi connectivity index (χ2v) is 4.67. The molecule has 110 valence electrons. The summed E-state index contributed by atoms with van der Waals surface area (Å²) in [5.74, 6) is -1.42. The molecule has 0 radical (unpaired) electrons. The minimum atomic E-state index is -1.01. The molecule has 21 heavy (non-hydrogen) atoms. The largest absolute Gasteiger partial charge is 0.480 e. The van der Waals surface area contributed by atoms with Gasteiger partial charge in [0.05, 0.1) is 24.1 Å². The van der Waals surface area contributed by atoms with Gasteiger partial charge in [-0.15, -0.1) is 5.10 Å². The molecule has 2 aromatic heterocycles. The molecular weight excluding hydrogens is 278 g/mol. The molecule has 2 aromatic rings. The van der Waals surface area contributed by atoms with Crippen LogP contribution in [0, 0.1) is 0 Å². The van der Waals surface area contributed by atoms with E-state index in [1.807, 2.05) is 0 Å². The molecule has 0 bridgehead atoms. The number of amides is 1. The summed E-state index contributed by atoms with van der Waals surface area (Å²) < 4.78 is 2.87. The Bertz CT molecular complexity index is 673. The third-order valence-electron chi connectivity index (χ3n) is 3.07. The number of rotatable bonds is 5. The van der Waals surface area contributed by atoms with E-state index in [1.165, 1.54) is 17.1 Å². The zero-order chi connectivity index (χ0) is 14.8. The first kappa shape index (κ1) is 13.2. The summed E-state index contributed by atoms with van der Waals surface area (Å²) in [5.41, 5.74) is 0.606. The van der Waals surface area contributed by atoms with Crippen LogP contribution in [0.3, 0.4) is 0 Å². The molecule has 0 aromatic carbocycles. The van der Waals surface area contributed by atoms with Crippen molar-refractivity contribution in [2.75, 3.05) is 18.4 Å². The Labute approximate surface area is 118 Å². The van der Waals surface area contributed by atoms with E-state index < -0.39 is 11.9 Å². The van der Waals surface area contributed by atoms with Crippen LogP contribution < -0.4 is 10.6 Å². The lowest BCUT2D eigenvalue weighted by molar-refractivity contribution is -0.137. The number of hydrogen-bond acceptors (Lipinski definition) is 6. The SMILES string of the molecule is O=C(O)Cn1cc(NC(=O)c2cn(C3CNC3)nn2)cn1. The van der Waals surface area contributed by atoms with E-state index in [4.69, 9.17) is 5.11 Å². The number of carbonyl (C=O) groups is 2. The quantitative estimate of drug-likeness (QED) is 0.641. The molecule has 0 unspecified atom stereocenters. The summed E-state index contributed by atoms with van der Waals surface area (Å²) in [4.78, 5) is 22.5. The maximum Gasteiger partial charge on any atom is 0.325 e. The van der Waals surface area contributed by atoms with Gasteiger partial charge >= 0.3 is 5.97 Å². The molecule has 0 atom stereocenters. The monoisotopic (exact) mass is 291 g/mol.